The summed E-state index contributed by atoms with van der Waals surface area (Å²) in [4.78, 5) is 3.68. The third-order valence-corrected chi connectivity index (χ3v) is 4.57. The second kappa shape index (κ2) is 20.1. The monoisotopic (exact) mass is 401 g/mol. The Bertz CT molecular complexity index is 429. The molecular weight excluding hydrogens is 365 g/mol. The van der Waals surface area contributed by atoms with E-state index in [0.717, 1.165) is 19.3 Å². The first-order valence-corrected chi connectivity index (χ1v) is 11.1. The zero-order valence-corrected chi connectivity index (χ0v) is 19.6. The second-order valence-corrected chi connectivity index (χ2v) is 7.61. The zero-order valence-electron chi connectivity index (χ0n) is 16.7. The molecule has 0 rings (SSSR count). The van der Waals surface area contributed by atoms with Crippen molar-refractivity contribution < 1.29 is 51.8 Å². The van der Waals surface area contributed by atoms with Gasteiger partial charge in [-0.2, -0.15) is 8.42 Å². The van der Waals surface area contributed by atoms with Crippen LogP contribution >= 0.6 is 0 Å². The maximum absolute atomic E-state index is 11.4. The van der Waals surface area contributed by atoms with Gasteiger partial charge in [0, 0.05) is 0 Å². The van der Waals surface area contributed by atoms with Gasteiger partial charge >= 0.3 is 40.0 Å². The number of hydrogen-bond donors (Lipinski definition) is 1. The third-order valence-electron chi connectivity index (χ3n) is 4.11. The van der Waals surface area contributed by atoms with E-state index in [0.29, 0.717) is 6.42 Å². The van der Waals surface area contributed by atoms with E-state index in [4.69, 9.17) is 4.55 Å². The van der Waals surface area contributed by atoms with Crippen LogP contribution < -0.4 is 34.7 Å². The van der Waals surface area contributed by atoms with Gasteiger partial charge in [-0.25, -0.2) is 4.18 Å². The first-order valence-electron chi connectivity index (χ1n) is 9.78. The summed E-state index contributed by atoms with van der Waals surface area (Å²) in [6.45, 7) is 1.90. The fourth-order valence-electron chi connectivity index (χ4n) is 2.69. The predicted octanol–water partition coefficient (Wildman–Crippen LogP) is 1.05. The third kappa shape index (κ3) is 24.3. The van der Waals surface area contributed by atoms with Crippen molar-refractivity contribution >= 4 is 16.3 Å². The molecular formula is C18H36NNaO5S. The zero-order chi connectivity index (χ0) is 18.8. The van der Waals surface area contributed by atoms with Gasteiger partial charge in [-0.1, -0.05) is 84.0 Å². The minimum atomic E-state index is -4.43. The number of hydrogen-bond acceptors (Lipinski definition) is 5. The summed E-state index contributed by atoms with van der Waals surface area (Å²) in [5.74, 6) is -0.234. The first kappa shape index (κ1) is 28.5. The Morgan fingerprint density at radius 3 is 1.73 bits per heavy atom. The van der Waals surface area contributed by atoms with Crippen molar-refractivity contribution in [1.29, 1.82) is 0 Å². The number of rotatable bonds is 18. The molecule has 8 heteroatoms. The molecule has 0 aliphatic carbocycles. The predicted molar refractivity (Wildman–Crippen MR) is 100 cm³/mol. The van der Waals surface area contributed by atoms with E-state index in [1.54, 1.807) is 0 Å². The summed E-state index contributed by atoms with van der Waals surface area (Å²) >= 11 is 0. The van der Waals surface area contributed by atoms with Crippen molar-refractivity contribution in [1.82, 2.24) is 0 Å². The molecule has 0 saturated heterocycles. The van der Waals surface area contributed by atoms with Crippen LogP contribution in [0, 0.1) is 0 Å². The Labute approximate surface area is 182 Å². The van der Waals surface area contributed by atoms with E-state index < -0.39 is 10.4 Å². The molecule has 0 aromatic heterocycles. The van der Waals surface area contributed by atoms with Crippen molar-refractivity contribution in [3.05, 3.63) is 0 Å². The van der Waals surface area contributed by atoms with Crippen LogP contribution in [0.2, 0.25) is 0 Å². The van der Waals surface area contributed by atoms with Gasteiger partial charge in [-0.3, -0.25) is 4.55 Å². The molecule has 150 valence electrons. The summed E-state index contributed by atoms with van der Waals surface area (Å²) in [6, 6.07) is 0. The standard InChI is InChI=1S/C18H37NO5S.Na/c1-2-3-4-5-6-7-8-9-10-11-12-13-14-15-18(20)19-16-17-24-25(21,22)23;/h2-17H2,1H3,(H,19,20)(H,21,22,23);/q;+1/p-1. The second-order valence-electron chi connectivity index (χ2n) is 6.52. The molecule has 0 heterocycles. The maximum Gasteiger partial charge on any atom is 1.00 e. The summed E-state index contributed by atoms with van der Waals surface area (Å²) in [6.07, 6.45) is 16.7. The molecule has 1 N–H and O–H groups in total. The Morgan fingerprint density at radius 2 is 1.31 bits per heavy atom. The van der Waals surface area contributed by atoms with Gasteiger partial charge < -0.3 is 10.1 Å². The molecule has 0 fully saturated rings. The van der Waals surface area contributed by atoms with Crippen LogP contribution in [0.3, 0.4) is 0 Å². The SMILES string of the molecule is CCCCCCCCCCCCCCCC([O-])=NCCOS(=O)(=O)O.[Na+]. The van der Waals surface area contributed by atoms with Gasteiger partial charge in [-0.05, 0) is 18.7 Å². The van der Waals surface area contributed by atoms with Crippen molar-refractivity contribution in [2.75, 3.05) is 13.2 Å². The molecule has 0 aromatic carbocycles. The number of aliphatic imine (C=N–C) groups is 1. The quantitative estimate of drug-likeness (QED) is 0.122. The molecule has 0 aromatic rings. The van der Waals surface area contributed by atoms with Crippen molar-refractivity contribution in [2.24, 2.45) is 4.99 Å². The van der Waals surface area contributed by atoms with Crippen LogP contribution in [0.25, 0.3) is 0 Å². The van der Waals surface area contributed by atoms with Crippen LogP contribution in [-0.2, 0) is 14.6 Å². The topological polar surface area (TPSA) is 99.0 Å². The molecule has 0 atom stereocenters. The van der Waals surface area contributed by atoms with Gasteiger partial charge in [0.1, 0.15) is 0 Å². The van der Waals surface area contributed by atoms with Crippen molar-refractivity contribution in [3.8, 4) is 0 Å². The van der Waals surface area contributed by atoms with E-state index in [-0.39, 0.29) is 48.6 Å². The minimum absolute atomic E-state index is 0. The van der Waals surface area contributed by atoms with E-state index in [1.165, 1.54) is 64.2 Å². The Hall–Kier alpha value is 0.340. The molecule has 6 nitrogen and oxygen atoms in total. The molecule has 0 unspecified atom stereocenters. The van der Waals surface area contributed by atoms with Crippen molar-refractivity contribution in [3.63, 3.8) is 0 Å². The van der Waals surface area contributed by atoms with Crippen molar-refractivity contribution in [2.45, 2.75) is 96.8 Å². The molecule has 0 bridgehead atoms. The smallest absolute Gasteiger partial charge is 0.862 e. The van der Waals surface area contributed by atoms with Gasteiger partial charge in [-0.15, -0.1) is 0 Å². The minimum Gasteiger partial charge on any atom is -0.862 e. The fourth-order valence-corrected chi connectivity index (χ4v) is 2.97. The van der Waals surface area contributed by atoms with Crippen LogP contribution in [0.15, 0.2) is 4.99 Å². The van der Waals surface area contributed by atoms with Crippen LogP contribution in [0.4, 0.5) is 0 Å². The van der Waals surface area contributed by atoms with Crippen LogP contribution in [0.5, 0.6) is 0 Å². The number of nitrogens with zero attached hydrogens (tertiary/aromatic N) is 1. The molecule has 0 saturated carbocycles. The number of unbranched alkanes of at least 4 members (excludes halogenated alkanes) is 12. The molecule has 0 aliphatic rings. The van der Waals surface area contributed by atoms with Gasteiger partial charge in [0.2, 0.25) is 0 Å². The molecule has 0 spiro atoms. The van der Waals surface area contributed by atoms with Crippen LogP contribution in [-0.4, -0.2) is 32.0 Å². The summed E-state index contributed by atoms with van der Waals surface area (Å²) in [5, 5.41) is 11.4. The van der Waals surface area contributed by atoms with E-state index in [2.05, 4.69) is 16.1 Å². The van der Waals surface area contributed by atoms with E-state index >= 15 is 0 Å². The Morgan fingerprint density at radius 1 is 0.885 bits per heavy atom. The molecule has 26 heavy (non-hydrogen) atoms. The summed E-state index contributed by atoms with van der Waals surface area (Å²) < 4.78 is 33.0. The summed E-state index contributed by atoms with van der Waals surface area (Å²) in [5.41, 5.74) is 0. The normalized spacial score (nSPS) is 12.2. The largest absolute Gasteiger partial charge is 1.00 e. The van der Waals surface area contributed by atoms with Crippen LogP contribution in [0.1, 0.15) is 96.8 Å². The van der Waals surface area contributed by atoms with Gasteiger partial charge in [0.15, 0.2) is 0 Å². The Balaban J connectivity index is 0. The summed E-state index contributed by atoms with van der Waals surface area (Å²) in [7, 11) is -4.43. The maximum atomic E-state index is 11.4. The Kier molecular flexibility index (Phi) is 22.1. The van der Waals surface area contributed by atoms with Gasteiger partial charge in [0.25, 0.3) is 0 Å². The van der Waals surface area contributed by atoms with Gasteiger partial charge in [0.05, 0.1) is 13.2 Å². The molecule has 0 amide bonds. The average molecular weight is 402 g/mol. The average Bonchev–Trinajstić information content (AvgIpc) is 2.55. The molecule has 0 aliphatic heterocycles. The fraction of sp³-hybridized carbons (Fsp3) is 0.944. The molecule has 0 radical (unpaired) electrons. The first-order chi connectivity index (χ1) is 12.0. The van der Waals surface area contributed by atoms with E-state index in [1.807, 2.05) is 0 Å². The van der Waals surface area contributed by atoms with E-state index in [9.17, 15) is 13.5 Å².